The number of methoxy groups -OCH3 is 1. The highest BCUT2D eigenvalue weighted by molar-refractivity contribution is 5.90. The standard InChI is InChI=1S/C17H26O4/c1-5-6-7-8-11-20-15-10-9-14(12-16(15)19-4)17(18)21-13(2)3/h9-10,12-13H,5-8,11H2,1-4H3. The average Bonchev–Trinajstić information content (AvgIpc) is 2.46. The summed E-state index contributed by atoms with van der Waals surface area (Å²) in [5.74, 6) is 0.872. The third-order valence-corrected chi connectivity index (χ3v) is 3.00. The first-order chi connectivity index (χ1) is 10.1. The molecule has 0 amide bonds. The minimum absolute atomic E-state index is 0.141. The summed E-state index contributed by atoms with van der Waals surface area (Å²) in [7, 11) is 1.57. The molecule has 0 atom stereocenters. The molecule has 1 rings (SSSR count). The maximum atomic E-state index is 11.8. The van der Waals surface area contributed by atoms with Crippen molar-refractivity contribution in [1.82, 2.24) is 0 Å². The molecule has 0 aliphatic heterocycles. The van der Waals surface area contributed by atoms with E-state index in [1.54, 1.807) is 25.3 Å². The maximum absolute atomic E-state index is 11.8. The van der Waals surface area contributed by atoms with Crippen LogP contribution in [0.3, 0.4) is 0 Å². The van der Waals surface area contributed by atoms with Crippen LogP contribution in [0.2, 0.25) is 0 Å². The Balaban J connectivity index is 2.64. The summed E-state index contributed by atoms with van der Waals surface area (Å²) in [6.07, 6.45) is 4.47. The van der Waals surface area contributed by atoms with Crippen molar-refractivity contribution in [1.29, 1.82) is 0 Å². The lowest BCUT2D eigenvalue weighted by molar-refractivity contribution is 0.0377. The zero-order chi connectivity index (χ0) is 15.7. The van der Waals surface area contributed by atoms with E-state index in [2.05, 4.69) is 6.92 Å². The van der Waals surface area contributed by atoms with Crippen molar-refractivity contribution >= 4 is 5.97 Å². The highest BCUT2D eigenvalue weighted by Crippen LogP contribution is 2.28. The van der Waals surface area contributed by atoms with Crippen LogP contribution in [0.1, 0.15) is 56.8 Å². The van der Waals surface area contributed by atoms with Gasteiger partial charge >= 0.3 is 5.97 Å². The molecule has 0 spiro atoms. The lowest BCUT2D eigenvalue weighted by atomic mass is 10.2. The molecule has 0 N–H and O–H groups in total. The molecular formula is C17H26O4. The zero-order valence-electron chi connectivity index (χ0n) is 13.5. The number of benzene rings is 1. The van der Waals surface area contributed by atoms with E-state index in [9.17, 15) is 4.79 Å². The normalized spacial score (nSPS) is 10.5. The molecular weight excluding hydrogens is 268 g/mol. The van der Waals surface area contributed by atoms with Crippen LogP contribution in [0.4, 0.5) is 0 Å². The Morgan fingerprint density at radius 1 is 1.14 bits per heavy atom. The second-order valence-corrected chi connectivity index (χ2v) is 5.23. The summed E-state index contributed by atoms with van der Waals surface area (Å²) in [5.41, 5.74) is 0.471. The predicted octanol–water partition coefficient (Wildman–Crippen LogP) is 4.22. The Labute approximate surface area is 127 Å². The summed E-state index contributed by atoms with van der Waals surface area (Å²) >= 11 is 0. The second-order valence-electron chi connectivity index (χ2n) is 5.23. The van der Waals surface area contributed by atoms with E-state index in [-0.39, 0.29) is 12.1 Å². The molecule has 0 radical (unpaired) electrons. The third kappa shape index (κ3) is 6.06. The van der Waals surface area contributed by atoms with Gasteiger partial charge in [-0.25, -0.2) is 4.79 Å². The first kappa shape index (κ1) is 17.3. The van der Waals surface area contributed by atoms with Gasteiger partial charge in [0.05, 0.1) is 25.4 Å². The van der Waals surface area contributed by atoms with Crippen LogP contribution >= 0.6 is 0 Å². The van der Waals surface area contributed by atoms with E-state index in [0.29, 0.717) is 23.7 Å². The summed E-state index contributed by atoms with van der Waals surface area (Å²) < 4.78 is 16.2. The van der Waals surface area contributed by atoms with Crippen molar-refractivity contribution in [2.75, 3.05) is 13.7 Å². The summed E-state index contributed by atoms with van der Waals surface area (Å²) in [5, 5.41) is 0. The lowest BCUT2D eigenvalue weighted by Crippen LogP contribution is -2.11. The largest absolute Gasteiger partial charge is 0.493 e. The van der Waals surface area contributed by atoms with Gasteiger partial charge in [0.2, 0.25) is 0 Å². The molecule has 0 aliphatic rings. The molecule has 1 aromatic rings. The monoisotopic (exact) mass is 294 g/mol. The van der Waals surface area contributed by atoms with Gasteiger partial charge in [-0.05, 0) is 38.5 Å². The fraction of sp³-hybridized carbons (Fsp3) is 0.588. The molecule has 118 valence electrons. The second kappa shape index (κ2) is 9.27. The van der Waals surface area contributed by atoms with E-state index in [1.807, 2.05) is 13.8 Å². The van der Waals surface area contributed by atoms with Crippen molar-refractivity contribution < 1.29 is 19.0 Å². The van der Waals surface area contributed by atoms with Crippen LogP contribution in [0.25, 0.3) is 0 Å². The fourth-order valence-corrected chi connectivity index (χ4v) is 1.91. The fourth-order valence-electron chi connectivity index (χ4n) is 1.91. The van der Waals surface area contributed by atoms with Gasteiger partial charge in [-0.15, -0.1) is 0 Å². The van der Waals surface area contributed by atoms with Crippen LogP contribution in [0, 0.1) is 0 Å². The van der Waals surface area contributed by atoms with E-state index >= 15 is 0 Å². The molecule has 0 aliphatic carbocycles. The van der Waals surface area contributed by atoms with Crippen LogP contribution < -0.4 is 9.47 Å². The topological polar surface area (TPSA) is 44.8 Å². The molecule has 4 nitrogen and oxygen atoms in total. The average molecular weight is 294 g/mol. The van der Waals surface area contributed by atoms with Crippen molar-refractivity contribution in [3.8, 4) is 11.5 Å². The third-order valence-electron chi connectivity index (χ3n) is 3.00. The molecule has 0 aromatic heterocycles. The number of carbonyl (C=O) groups is 1. The van der Waals surface area contributed by atoms with Crippen LogP contribution in [0.15, 0.2) is 18.2 Å². The van der Waals surface area contributed by atoms with Gasteiger partial charge in [-0.1, -0.05) is 26.2 Å². The minimum atomic E-state index is -0.349. The van der Waals surface area contributed by atoms with E-state index in [4.69, 9.17) is 14.2 Å². The van der Waals surface area contributed by atoms with Crippen LogP contribution in [-0.2, 0) is 4.74 Å². The quantitative estimate of drug-likeness (QED) is 0.505. The Bertz CT molecular complexity index is 440. The molecule has 0 saturated carbocycles. The Morgan fingerprint density at radius 2 is 1.90 bits per heavy atom. The van der Waals surface area contributed by atoms with Gasteiger partial charge in [0.15, 0.2) is 11.5 Å². The van der Waals surface area contributed by atoms with Crippen molar-refractivity contribution in [2.45, 2.75) is 52.6 Å². The number of carbonyl (C=O) groups excluding carboxylic acids is 1. The summed E-state index contributed by atoms with van der Waals surface area (Å²) in [4.78, 5) is 11.8. The maximum Gasteiger partial charge on any atom is 0.338 e. The van der Waals surface area contributed by atoms with Gasteiger partial charge < -0.3 is 14.2 Å². The summed E-state index contributed by atoms with van der Waals surface area (Å²) in [6.45, 7) is 6.48. The molecule has 1 aromatic carbocycles. The summed E-state index contributed by atoms with van der Waals surface area (Å²) in [6, 6.07) is 5.12. The van der Waals surface area contributed by atoms with Gasteiger partial charge in [-0.2, -0.15) is 0 Å². The lowest BCUT2D eigenvalue weighted by Gasteiger charge is -2.13. The van der Waals surface area contributed by atoms with Crippen molar-refractivity contribution in [3.63, 3.8) is 0 Å². The molecule has 21 heavy (non-hydrogen) atoms. The molecule has 0 heterocycles. The molecule has 0 saturated heterocycles. The van der Waals surface area contributed by atoms with E-state index in [1.165, 1.54) is 12.8 Å². The number of hydrogen-bond donors (Lipinski definition) is 0. The molecule has 0 bridgehead atoms. The van der Waals surface area contributed by atoms with E-state index < -0.39 is 0 Å². The SMILES string of the molecule is CCCCCCOc1ccc(C(=O)OC(C)C)cc1OC. The highest BCUT2D eigenvalue weighted by atomic mass is 16.5. The Hall–Kier alpha value is -1.71. The van der Waals surface area contributed by atoms with Crippen LogP contribution in [-0.4, -0.2) is 25.8 Å². The van der Waals surface area contributed by atoms with Crippen LogP contribution in [0.5, 0.6) is 11.5 Å². The number of unbranched alkanes of at least 4 members (excludes halogenated alkanes) is 3. The van der Waals surface area contributed by atoms with Crippen molar-refractivity contribution in [3.05, 3.63) is 23.8 Å². The number of esters is 1. The number of hydrogen-bond acceptors (Lipinski definition) is 4. The first-order valence-electron chi connectivity index (χ1n) is 7.60. The van der Waals surface area contributed by atoms with Gasteiger partial charge in [-0.3, -0.25) is 0 Å². The van der Waals surface area contributed by atoms with E-state index in [0.717, 1.165) is 12.8 Å². The van der Waals surface area contributed by atoms with Gasteiger partial charge in [0, 0.05) is 0 Å². The molecule has 4 heteroatoms. The highest BCUT2D eigenvalue weighted by Gasteiger charge is 2.13. The number of rotatable bonds is 9. The molecule has 0 unspecified atom stereocenters. The molecule has 0 fully saturated rings. The Kier molecular flexibility index (Phi) is 7.65. The smallest absolute Gasteiger partial charge is 0.338 e. The zero-order valence-corrected chi connectivity index (χ0v) is 13.5. The van der Waals surface area contributed by atoms with Gasteiger partial charge in [0.1, 0.15) is 0 Å². The van der Waals surface area contributed by atoms with Gasteiger partial charge in [0.25, 0.3) is 0 Å². The number of ether oxygens (including phenoxy) is 3. The predicted molar refractivity (Wildman–Crippen MR) is 83.2 cm³/mol. The Morgan fingerprint density at radius 3 is 2.52 bits per heavy atom. The first-order valence-corrected chi connectivity index (χ1v) is 7.60. The minimum Gasteiger partial charge on any atom is -0.493 e. The van der Waals surface area contributed by atoms with Crippen molar-refractivity contribution in [2.24, 2.45) is 0 Å².